The summed E-state index contributed by atoms with van der Waals surface area (Å²) in [4.78, 5) is 3.86. The normalized spacial score (nSPS) is 12.9. The lowest BCUT2D eigenvalue weighted by Crippen LogP contribution is -2.20. The van der Waals surface area contributed by atoms with Crippen LogP contribution in [-0.2, 0) is 0 Å². The molecule has 1 N–H and O–H groups in total. The van der Waals surface area contributed by atoms with Crippen LogP contribution in [0.15, 0.2) is 18.3 Å². The molecule has 0 spiro atoms. The lowest BCUT2D eigenvalue weighted by atomic mass is 10.1. The first-order valence-electron chi connectivity index (χ1n) is 4.59. The highest BCUT2D eigenvalue weighted by atomic mass is 35.5. The summed E-state index contributed by atoms with van der Waals surface area (Å²) in [7, 11) is 0. The van der Waals surface area contributed by atoms with Crippen molar-refractivity contribution < 1.29 is 4.39 Å². The van der Waals surface area contributed by atoms with Crippen molar-refractivity contribution in [1.82, 2.24) is 4.98 Å². The van der Waals surface area contributed by atoms with Crippen LogP contribution in [0.1, 0.15) is 13.8 Å². The molecule has 2 nitrogen and oxygen atoms in total. The van der Waals surface area contributed by atoms with Gasteiger partial charge in [-0.3, -0.25) is 0 Å². The summed E-state index contributed by atoms with van der Waals surface area (Å²) in [5.41, 5.74) is 0. The molecule has 0 saturated heterocycles. The monoisotopic (exact) mass is 216 g/mol. The third-order valence-electron chi connectivity index (χ3n) is 1.95. The zero-order chi connectivity index (χ0) is 10.6. The van der Waals surface area contributed by atoms with E-state index >= 15 is 0 Å². The van der Waals surface area contributed by atoms with Gasteiger partial charge in [0.05, 0.1) is 5.38 Å². The minimum atomic E-state index is -0.347. The maximum absolute atomic E-state index is 13.1. The predicted molar refractivity (Wildman–Crippen MR) is 57.2 cm³/mol. The Hall–Kier alpha value is -0.830. The van der Waals surface area contributed by atoms with Crippen LogP contribution in [-0.4, -0.2) is 16.9 Å². The molecule has 4 heteroatoms. The van der Waals surface area contributed by atoms with Gasteiger partial charge in [0, 0.05) is 12.7 Å². The van der Waals surface area contributed by atoms with Gasteiger partial charge < -0.3 is 5.32 Å². The van der Waals surface area contributed by atoms with E-state index in [4.69, 9.17) is 11.6 Å². The molecule has 0 aliphatic rings. The molecule has 0 aromatic carbocycles. The molecule has 0 fully saturated rings. The van der Waals surface area contributed by atoms with Gasteiger partial charge in [0.1, 0.15) is 0 Å². The highest BCUT2D eigenvalue weighted by molar-refractivity contribution is 6.21. The van der Waals surface area contributed by atoms with E-state index < -0.39 is 0 Å². The van der Waals surface area contributed by atoms with Crippen molar-refractivity contribution in [3.05, 3.63) is 24.1 Å². The highest BCUT2D eigenvalue weighted by Crippen LogP contribution is 2.12. The molecular weight excluding hydrogens is 203 g/mol. The number of anilines is 1. The number of halogens is 2. The van der Waals surface area contributed by atoms with Crippen molar-refractivity contribution >= 4 is 17.4 Å². The summed E-state index contributed by atoms with van der Waals surface area (Å²) in [5, 5.41) is 2.86. The van der Waals surface area contributed by atoms with Crippen LogP contribution in [0.25, 0.3) is 0 Å². The van der Waals surface area contributed by atoms with Gasteiger partial charge in [-0.25, -0.2) is 9.37 Å². The second-order valence-corrected chi connectivity index (χ2v) is 4.04. The van der Waals surface area contributed by atoms with E-state index in [9.17, 15) is 4.39 Å². The molecule has 78 valence electrons. The molecule has 1 aromatic rings. The molecule has 0 aliphatic carbocycles. The van der Waals surface area contributed by atoms with Crippen molar-refractivity contribution in [2.45, 2.75) is 19.2 Å². The van der Waals surface area contributed by atoms with Crippen molar-refractivity contribution in [3.8, 4) is 0 Å². The summed E-state index contributed by atoms with van der Waals surface area (Å²) < 4.78 is 13.1. The summed E-state index contributed by atoms with van der Waals surface area (Å²) in [6.45, 7) is 4.56. The molecule has 0 aliphatic heterocycles. The second kappa shape index (κ2) is 5.15. The Labute approximate surface area is 88.5 Å². The van der Waals surface area contributed by atoms with Crippen molar-refractivity contribution in [1.29, 1.82) is 0 Å². The number of aromatic nitrogens is 1. The third-order valence-corrected chi connectivity index (χ3v) is 2.60. The molecule has 1 heterocycles. The Morgan fingerprint density at radius 3 is 2.86 bits per heavy atom. The molecule has 14 heavy (non-hydrogen) atoms. The van der Waals surface area contributed by atoms with Gasteiger partial charge in [0.25, 0.3) is 0 Å². The van der Waals surface area contributed by atoms with E-state index in [1.807, 2.05) is 13.8 Å². The third kappa shape index (κ3) is 3.14. The van der Waals surface area contributed by atoms with Gasteiger partial charge >= 0.3 is 0 Å². The Bertz CT molecular complexity index is 291. The van der Waals surface area contributed by atoms with Gasteiger partial charge in [-0.2, -0.15) is 0 Å². The Balaban J connectivity index is 2.50. The smallest absolute Gasteiger partial charge is 0.165 e. The first-order valence-corrected chi connectivity index (χ1v) is 5.03. The molecule has 1 aromatic heterocycles. The van der Waals surface area contributed by atoms with Crippen LogP contribution in [0.5, 0.6) is 0 Å². The molecule has 1 atom stereocenters. The number of hydrogen-bond donors (Lipinski definition) is 1. The number of rotatable bonds is 4. The summed E-state index contributed by atoms with van der Waals surface area (Å²) in [6, 6.07) is 2.93. The van der Waals surface area contributed by atoms with Crippen LogP contribution in [0.3, 0.4) is 0 Å². The van der Waals surface area contributed by atoms with E-state index in [0.29, 0.717) is 12.5 Å². The maximum Gasteiger partial charge on any atom is 0.165 e. The Morgan fingerprint density at radius 2 is 2.29 bits per heavy atom. The Kier molecular flexibility index (Phi) is 4.14. The fourth-order valence-electron chi connectivity index (χ4n) is 0.946. The lowest BCUT2D eigenvalue weighted by Gasteiger charge is -2.14. The van der Waals surface area contributed by atoms with Crippen molar-refractivity contribution in [2.75, 3.05) is 11.9 Å². The first kappa shape index (κ1) is 11.2. The van der Waals surface area contributed by atoms with E-state index in [2.05, 4.69) is 10.3 Å². The zero-order valence-corrected chi connectivity index (χ0v) is 9.05. The van der Waals surface area contributed by atoms with Crippen LogP contribution in [0, 0.1) is 11.7 Å². The summed E-state index contributed by atoms with van der Waals surface area (Å²) >= 11 is 6.01. The zero-order valence-electron chi connectivity index (χ0n) is 8.30. The fourth-order valence-corrected chi connectivity index (χ4v) is 1.02. The maximum atomic E-state index is 13.1. The van der Waals surface area contributed by atoms with Crippen LogP contribution < -0.4 is 5.32 Å². The number of hydrogen-bond acceptors (Lipinski definition) is 2. The summed E-state index contributed by atoms with van der Waals surface area (Å²) in [6.07, 6.45) is 1.55. The summed E-state index contributed by atoms with van der Waals surface area (Å²) in [5.74, 6) is 0.273. The van der Waals surface area contributed by atoms with Crippen molar-refractivity contribution in [2.24, 2.45) is 5.92 Å². The van der Waals surface area contributed by atoms with E-state index in [1.165, 1.54) is 6.07 Å². The molecule has 0 radical (unpaired) electrons. The lowest BCUT2D eigenvalue weighted by molar-refractivity contribution is 0.603. The average Bonchev–Trinajstić information content (AvgIpc) is 2.16. The number of pyridine rings is 1. The molecule has 1 rings (SSSR count). The van der Waals surface area contributed by atoms with Gasteiger partial charge in [-0.05, 0) is 18.1 Å². The highest BCUT2D eigenvalue weighted by Gasteiger charge is 2.10. The van der Waals surface area contributed by atoms with E-state index in [0.717, 1.165) is 0 Å². The second-order valence-electron chi connectivity index (χ2n) is 3.47. The topological polar surface area (TPSA) is 24.9 Å². The van der Waals surface area contributed by atoms with Gasteiger partial charge in [-0.15, -0.1) is 11.6 Å². The molecule has 0 saturated carbocycles. The molecule has 0 amide bonds. The number of nitrogens with zero attached hydrogens (tertiary/aromatic N) is 1. The first-order chi connectivity index (χ1) is 6.61. The minimum absolute atomic E-state index is 0.0172. The van der Waals surface area contributed by atoms with Crippen molar-refractivity contribution in [3.63, 3.8) is 0 Å². The quantitative estimate of drug-likeness (QED) is 0.783. The van der Waals surface area contributed by atoms with E-state index in [1.54, 1.807) is 12.3 Å². The van der Waals surface area contributed by atoms with E-state index in [-0.39, 0.29) is 17.0 Å². The number of nitrogens with one attached hydrogen (secondary N) is 1. The molecule has 1 unspecified atom stereocenters. The van der Waals surface area contributed by atoms with Gasteiger partial charge in [0.2, 0.25) is 0 Å². The largest absolute Gasteiger partial charge is 0.366 e. The fraction of sp³-hybridized carbons (Fsp3) is 0.500. The molecular formula is C10H14ClFN2. The number of alkyl halides is 1. The van der Waals surface area contributed by atoms with Gasteiger partial charge in [-0.1, -0.05) is 13.8 Å². The Morgan fingerprint density at radius 1 is 1.57 bits per heavy atom. The van der Waals surface area contributed by atoms with Crippen LogP contribution >= 0.6 is 11.6 Å². The van der Waals surface area contributed by atoms with Crippen LogP contribution in [0.4, 0.5) is 10.2 Å². The van der Waals surface area contributed by atoms with Gasteiger partial charge in [0.15, 0.2) is 11.6 Å². The SMILES string of the molecule is CC(C)C(Cl)CNc1ncccc1F. The standard InChI is InChI=1S/C10H14ClFN2/c1-7(2)8(11)6-14-10-9(12)4-3-5-13-10/h3-5,7-8H,6H2,1-2H3,(H,13,14). The van der Waals surface area contributed by atoms with Crippen LogP contribution in [0.2, 0.25) is 0 Å². The average molecular weight is 217 g/mol. The predicted octanol–water partition coefficient (Wildman–Crippen LogP) is 2.90. The molecule has 0 bridgehead atoms. The minimum Gasteiger partial charge on any atom is -0.366 e.